The van der Waals surface area contributed by atoms with Crippen molar-refractivity contribution in [3.63, 3.8) is 0 Å². The molecule has 0 spiro atoms. The molecule has 0 heterocycles. The SMILES string of the molecule is CCCCCCCC/C=C\CCCCCCC(C(=O)O)C(C)S. The van der Waals surface area contributed by atoms with Crippen LogP contribution in [0.1, 0.15) is 97.3 Å². The van der Waals surface area contributed by atoms with Gasteiger partial charge in [0, 0.05) is 5.25 Å². The minimum atomic E-state index is -0.704. The fourth-order valence-corrected chi connectivity index (χ4v) is 3.11. The van der Waals surface area contributed by atoms with E-state index in [1.54, 1.807) is 0 Å². The molecule has 2 unspecified atom stereocenters. The molecule has 0 bridgehead atoms. The van der Waals surface area contributed by atoms with Crippen molar-refractivity contribution in [3.8, 4) is 0 Å². The monoisotopic (exact) mass is 342 g/mol. The third kappa shape index (κ3) is 14.9. The van der Waals surface area contributed by atoms with Crippen LogP contribution >= 0.6 is 12.6 Å². The molecule has 0 saturated carbocycles. The van der Waals surface area contributed by atoms with Gasteiger partial charge in [0.05, 0.1) is 5.92 Å². The van der Waals surface area contributed by atoms with Crippen molar-refractivity contribution < 1.29 is 9.90 Å². The van der Waals surface area contributed by atoms with Crippen LogP contribution in [0.4, 0.5) is 0 Å². The molecule has 0 rings (SSSR count). The lowest BCUT2D eigenvalue weighted by atomic mass is 9.98. The fourth-order valence-electron chi connectivity index (χ4n) is 2.83. The lowest BCUT2D eigenvalue weighted by molar-refractivity contribution is -0.141. The Labute approximate surface area is 149 Å². The number of carboxylic acids is 1. The Kier molecular flexibility index (Phi) is 16.1. The maximum atomic E-state index is 11.0. The first-order valence-electron chi connectivity index (χ1n) is 9.65. The predicted octanol–water partition coefficient (Wildman–Crippen LogP) is 6.65. The molecule has 2 atom stereocenters. The summed E-state index contributed by atoms with van der Waals surface area (Å²) < 4.78 is 0. The molecule has 0 aromatic carbocycles. The average molecular weight is 343 g/mol. The van der Waals surface area contributed by atoms with Gasteiger partial charge in [-0.1, -0.05) is 77.4 Å². The maximum absolute atomic E-state index is 11.0. The van der Waals surface area contributed by atoms with Crippen molar-refractivity contribution >= 4 is 18.6 Å². The number of carboxylic acid groups (broad SMARTS) is 1. The minimum Gasteiger partial charge on any atom is -0.481 e. The van der Waals surface area contributed by atoms with Crippen molar-refractivity contribution in [1.29, 1.82) is 0 Å². The van der Waals surface area contributed by atoms with Gasteiger partial charge in [0.2, 0.25) is 0 Å². The Morgan fingerprint density at radius 1 is 0.913 bits per heavy atom. The van der Waals surface area contributed by atoms with E-state index in [1.807, 2.05) is 6.92 Å². The Morgan fingerprint density at radius 2 is 1.39 bits per heavy atom. The van der Waals surface area contributed by atoms with Crippen molar-refractivity contribution in [3.05, 3.63) is 12.2 Å². The van der Waals surface area contributed by atoms with Crippen LogP contribution in [0.15, 0.2) is 12.2 Å². The molecule has 0 fully saturated rings. The van der Waals surface area contributed by atoms with Gasteiger partial charge in [-0.05, 0) is 32.1 Å². The molecular formula is C20H38O2S. The molecule has 0 amide bonds. The van der Waals surface area contributed by atoms with Gasteiger partial charge in [-0.25, -0.2) is 0 Å². The molecule has 0 radical (unpaired) electrons. The van der Waals surface area contributed by atoms with Crippen LogP contribution in [-0.4, -0.2) is 16.3 Å². The molecule has 23 heavy (non-hydrogen) atoms. The van der Waals surface area contributed by atoms with Crippen molar-refractivity contribution in [1.82, 2.24) is 0 Å². The first kappa shape index (κ1) is 22.6. The highest BCUT2D eigenvalue weighted by molar-refractivity contribution is 7.81. The summed E-state index contributed by atoms with van der Waals surface area (Å²) in [6, 6.07) is 0. The Morgan fingerprint density at radius 3 is 1.87 bits per heavy atom. The zero-order chi connectivity index (χ0) is 17.3. The molecular weight excluding hydrogens is 304 g/mol. The van der Waals surface area contributed by atoms with Gasteiger partial charge < -0.3 is 5.11 Å². The first-order chi connectivity index (χ1) is 11.1. The highest BCUT2D eigenvalue weighted by Crippen LogP contribution is 2.19. The number of aliphatic carboxylic acids is 1. The minimum absolute atomic E-state index is 0.0580. The smallest absolute Gasteiger partial charge is 0.307 e. The molecule has 136 valence electrons. The molecule has 0 aliphatic carbocycles. The van der Waals surface area contributed by atoms with E-state index in [1.165, 1.54) is 64.2 Å². The lowest BCUT2D eigenvalue weighted by Crippen LogP contribution is -2.21. The van der Waals surface area contributed by atoms with Crippen LogP contribution in [0.25, 0.3) is 0 Å². The van der Waals surface area contributed by atoms with E-state index in [9.17, 15) is 4.79 Å². The van der Waals surface area contributed by atoms with Gasteiger partial charge in [0.15, 0.2) is 0 Å². The molecule has 0 aliphatic rings. The van der Waals surface area contributed by atoms with Gasteiger partial charge in [-0.3, -0.25) is 4.79 Å². The molecule has 0 aliphatic heterocycles. The van der Waals surface area contributed by atoms with Crippen LogP contribution in [0.2, 0.25) is 0 Å². The van der Waals surface area contributed by atoms with Gasteiger partial charge in [-0.2, -0.15) is 12.6 Å². The summed E-state index contributed by atoms with van der Waals surface area (Å²) in [5, 5.41) is 9.03. The first-order valence-corrected chi connectivity index (χ1v) is 10.2. The summed E-state index contributed by atoms with van der Waals surface area (Å²) in [5.74, 6) is -0.999. The second kappa shape index (κ2) is 16.4. The zero-order valence-corrected chi connectivity index (χ0v) is 16.2. The number of carbonyl (C=O) groups is 1. The largest absolute Gasteiger partial charge is 0.481 e. The fraction of sp³-hybridized carbons (Fsp3) is 0.850. The Hall–Kier alpha value is -0.440. The number of unbranched alkanes of at least 4 members (excludes halogenated alkanes) is 10. The molecule has 0 aromatic heterocycles. The summed E-state index contributed by atoms with van der Waals surface area (Å²) in [7, 11) is 0. The van der Waals surface area contributed by atoms with Crippen LogP contribution in [0.5, 0.6) is 0 Å². The summed E-state index contributed by atoms with van der Waals surface area (Å²) in [5.41, 5.74) is 0. The van der Waals surface area contributed by atoms with Gasteiger partial charge >= 0.3 is 5.97 Å². The zero-order valence-electron chi connectivity index (χ0n) is 15.3. The number of rotatable bonds is 16. The van der Waals surface area contributed by atoms with Crippen molar-refractivity contribution in [2.75, 3.05) is 0 Å². The Balaban J connectivity index is 3.35. The van der Waals surface area contributed by atoms with E-state index in [0.717, 1.165) is 19.3 Å². The number of allylic oxidation sites excluding steroid dienone is 2. The van der Waals surface area contributed by atoms with Crippen molar-refractivity contribution in [2.45, 2.75) is 103 Å². The number of thiol groups is 1. The summed E-state index contributed by atoms with van der Waals surface area (Å²) in [4.78, 5) is 11.0. The van der Waals surface area contributed by atoms with E-state index in [-0.39, 0.29) is 11.2 Å². The van der Waals surface area contributed by atoms with Crippen LogP contribution in [0.3, 0.4) is 0 Å². The maximum Gasteiger partial charge on any atom is 0.307 e. The van der Waals surface area contributed by atoms with E-state index in [2.05, 4.69) is 31.7 Å². The summed E-state index contributed by atoms with van der Waals surface area (Å²) in [6.45, 7) is 4.13. The molecule has 0 saturated heterocycles. The lowest BCUT2D eigenvalue weighted by Gasteiger charge is -2.14. The second-order valence-corrected chi connectivity index (χ2v) is 7.52. The molecule has 0 aromatic rings. The van der Waals surface area contributed by atoms with Gasteiger partial charge in [0.1, 0.15) is 0 Å². The molecule has 1 N–H and O–H groups in total. The van der Waals surface area contributed by atoms with Crippen LogP contribution in [0, 0.1) is 5.92 Å². The van der Waals surface area contributed by atoms with Crippen LogP contribution in [-0.2, 0) is 4.79 Å². The van der Waals surface area contributed by atoms with E-state index in [0.29, 0.717) is 0 Å². The van der Waals surface area contributed by atoms with E-state index in [4.69, 9.17) is 5.11 Å². The second-order valence-electron chi connectivity index (χ2n) is 6.70. The quantitative estimate of drug-likeness (QED) is 0.187. The normalized spacial score (nSPS) is 14.2. The highest BCUT2D eigenvalue weighted by Gasteiger charge is 2.20. The molecule has 2 nitrogen and oxygen atoms in total. The number of hydrogen-bond donors (Lipinski definition) is 2. The third-order valence-corrected chi connectivity index (χ3v) is 4.79. The predicted molar refractivity (Wildman–Crippen MR) is 104 cm³/mol. The van der Waals surface area contributed by atoms with E-state index < -0.39 is 5.97 Å². The summed E-state index contributed by atoms with van der Waals surface area (Å²) >= 11 is 4.27. The average Bonchev–Trinajstić information content (AvgIpc) is 2.50. The van der Waals surface area contributed by atoms with Gasteiger partial charge in [-0.15, -0.1) is 0 Å². The van der Waals surface area contributed by atoms with E-state index >= 15 is 0 Å². The topological polar surface area (TPSA) is 37.3 Å². The number of hydrogen-bond acceptors (Lipinski definition) is 2. The standard InChI is InChI=1S/C20H38O2S/c1-3-4-5-6-7-8-9-10-11-12-13-14-15-16-17-19(18(2)23)20(21)22/h10-11,18-19,23H,3-9,12-17H2,1-2H3,(H,21,22)/b11-10-. The highest BCUT2D eigenvalue weighted by atomic mass is 32.1. The molecule has 3 heteroatoms. The Bertz CT molecular complexity index is 300. The third-order valence-electron chi connectivity index (χ3n) is 4.43. The summed E-state index contributed by atoms with van der Waals surface area (Å²) in [6.07, 6.45) is 20.6. The van der Waals surface area contributed by atoms with Crippen LogP contribution < -0.4 is 0 Å². The van der Waals surface area contributed by atoms with Crippen molar-refractivity contribution in [2.24, 2.45) is 5.92 Å². The van der Waals surface area contributed by atoms with Gasteiger partial charge in [0.25, 0.3) is 0 Å².